The standard InChI is InChI=1S/C14H17NS/c1-10(2)8-12(15-3)14-9-11-6-4-5-7-13(11)16-14/h4-7,9,12,15H,1,8H2,2-3H3. The van der Waals surface area contributed by atoms with Gasteiger partial charge in [0.25, 0.3) is 0 Å². The Morgan fingerprint density at radius 1 is 1.44 bits per heavy atom. The molecule has 0 saturated heterocycles. The van der Waals surface area contributed by atoms with Crippen LogP contribution in [0.15, 0.2) is 42.5 Å². The summed E-state index contributed by atoms with van der Waals surface area (Å²) in [6, 6.07) is 11.2. The van der Waals surface area contributed by atoms with E-state index in [4.69, 9.17) is 0 Å². The van der Waals surface area contributed by atoms with Gasteiger partial charge in [-0.05, 0) is 37.9 Å². The molecule has 1 aromatic heterocycles. The zero-order chi connectivity index (χ0) is 11.5. The Labute approximate surface area is 101 Å². The van der Waals surface area contributed by atoms with Gasteiger partial charge in [-0.25, -0.2) is 0 Å². The first-order valence-electron chi connectivity index (χ1n) is 5.51. The van der Waals surface area contributed by atoms with Crippen molar-refractivity contribution in [3.63, 3.8) is 0 Å². The van der Waals surface area contributed by atoms with E-state index in [0.717, 1.165) is 6.42 Å². The first kappa shape index (κ1) is 11.4. The Morgan fingerprint density at radius 3 is 2.81 bits per heavy atom. The van der Waals surface area contributed by atoms with Crippen LogP contribution in [0.4, 0.5) is 0 Å². The highest BCUT2D eigenvalue weighted by Gasteiger charge is 2.12. The molecule has 1 N–H and O–H groups in total. The smallest absolute Gasteiger partial charge is 0.0450 e. The van der Waals surface area contributed by atoms with Gasteiger partial charge >= 0.3 is 0 Å². The number of hydrogen-bond acceptors (Lipinski definition) is 2. The van der Waals surface area contributed by atoms with Crippen LogP contribution in [-0.2, 0) is 0 Å². The predicted octanol–water partition coefficient (Wildman–Crippen LogP) is 4.13. The fourth-order valence-corrected chi connectivity index (χ4v) is 3.04. The van der Waals surface area contributed by atoms with Gasteiger partial charge in [0.05, 0.1) is 0 Å². The molecule has 1 atom stereocenters. The van der Waals surface area contributed by atoms with Gasteiger partial charge in [0.1, 0.15) is 0 Å². The zero-order valence-electron chi connectivity index (χ0n) is 9.79. The van der Waals surface area contributed by atoms with Gasteiger partial charge in [0, 0.05) is 15.6 Å². The molecule has 2 heteroatoms. The maximum atomic E-state index is 3.99. The number of fused-ring (bicyclic) bond motifs is 1. The van der Waals surface area contributed by atoms with Gasteiger partial charge in [0.2, 0.25) is 0 Å². The molecule has 84 valence electrons. The molecule has 0 bridgehead atoms. The lowest BCUT2D eigenvalue weighted by molar-refractivity contribution is 0.600. The summed E-state index contributed by atoms with van der Waals surface area (Å²) < 4.78 is 1.36. The van der Waals surface area contributed by atoms with Gasteiger partial charge in [-0.1, -0.05) is 23.8 Å². The van der Waals surface area contributed by atoms with Crippen LogP contribution in [0.2, 0.25) is 0 Å². The van der Waals surface area contributed by atoms with Crippen LogP contribution < -0.4 is 5.32 Å². The summed E-state index contributed by atoms with van der Waals surface area (Å²) in [5, 5.41) is 4.70. The van der Waals surface area contributed by atoms with Crippen molar-refractivity contribution in [2.24, 2.45) is 0 Å². The molecule has 0 amide bonds. The molecule has 0 aliphatic heterocycles. The maximum Gasteiger partial charge on any atom is 0.0450 e. The number of benzene rings is 1. The van der Waals surface area contributed by atoms with E-state index in [1.165, 1.54) is 20.5 Å². The average Bonchev–Trinajstić information content (AvgIpc) is 2.68. The summed E-state index contributed by atoms with van der Waals surface area (Å²) in [6.45, 7) is 6.07. The normalized spacial score (nSPS) is 12.9. The number of hydrogen-bond donors (Lipinski definition) is 1. The van der Waals surface area contributed by atoms with Crippen LogP contribution in [0.3, 0.4) is 0 Å². The van der Waals surface area contributed by atoms with E-state index in [9.17, 15) is 0 Å². The number of nitrogens with one attached hydrogen (secondary N) is 1. The molecule has 1 unspecified atom stereocenters. The summed E-state index contributed by atoms with van der Waals surface area (Å²) in [5.74, 6) is 0. The summed E-state index contributed by atoms with van der Waals surface area (Å²) >= 11 is 1.87. The summed E-state index contributed by atoms with van der Waals surface area (Å²) in [6.07, 6.45) is 1.00. The van der Waals surface area contributed by atoms with Crippen LogP contribution >= 0.6 is 11.3 Å². The third kappa shape index (κ3) is 2.34. The molecule has 2 rings (SSSR count). The van der Waals surface area contributed by atoms with Crippen LogP contribution in [-0.4, -0.2) is 7.05 Å². The lowest BCUT2D eigenvalue weighted by Crippen LogP contribution is -2.15. The Hall–Kier alpha value is -1.12. The molecule has 0 aliphatic rings. The molecule has 0 spiro atoms. The van der Waals surface area contributed by atoms with Gasteiger partial charge in [-0.15, -0.1) is 17.9 Å². The fraction of sp³-hybridized carbons (Fsp3) is 0.286. The second-order valence-corrected chi connectivity index (χ2v) is 5.30. The van der Waals surface area contributed by atoms with E-state index in [1.807, 2.05) is 18.4 Å². The lowest BCUT2D eigenvalue weighted by atomic mass is 10.1. The van der Waals surface area contributed by atoms with Crippen molar-refractivity contribution in [3.8, 4) is 0 Å². The molecule has 0 aliphatic carbocycles. The summed E-state index contributed by atoms with van der Waals surface area (Å²) in [7, 11) is 2.01. The van der Waals surface area contributed by atoms with Crippen LogP contribution in [0.1, 0.15) is 24.3 Å². The molecule has 1 heterocycles. The van der Waals surface area contributed by atoms with Crippen molar-refractivity contribution in [2.75, 3.05) is 7.05 Å². The molecule has 0 fully saturated rings. The van der Waals surface area contributed by atoms with Crippen molar-refractivity contribution in [3.05, 3.63) is 47.4 Å². The Kier molecular flexibility index (Phi) is 3.42. The van der Waals surface area contributed by atoms with E-state index in [-0.39, 0.29) is 0 Å². The minimum atomic E-state index is 0.398. The van der Waals surface area contributed by atoms with Crippen molar-refractivity contribution in [1.82, 2.24) is 5.32 Å². The predicted molar refractivity (Wildman–Crippen MR) is 73.1 cm³/mol. The van der Waals surface area contributed by atoms with Gasteiger partial charge in [0.15, 0.2) is 0 Å². The van der Waals surface area contributed by atoms with Crippen LogP contribution in [0.25, 0.3) is 10.1 Å². The zero-order valence-corrected chi connectivity index (χ0v) is 10.6. The van der Waals surface area contributed by atoms with Crippen molar-refractivity contribution >= 4 is 21.4 Å². The first-order valence-corrected chi connectivity index (χ1v) is 6.32. The minimum Gasteiger partial charge on any atom is -0.312 e. The van der Waals surface area contributed by atoms with E-state index >= 15 is 0 Å². The molecule has 16 heavy (non-hydrogen) atoms. The van der Waals surface area contributed by atoms with Gasteiger partial charge < -0.3 is 5.32 Å². The van der Waals surface area contributed by atoms with E-state index < -0.39 is 0 Å². The largest absolute Gasteiger partial charge is 0.312 e. The van der Waals surface area contributed by atoms with Gasteiger partial charge in [-0.2, -0.15) is 0 Å². The molecule has 1 nitrogen and oxygen atoms in total. The first-order chi connectivity index (χ1) is 7.70. The fourth-order valence-electron chi connectivity index (χ4n) is 1.87. The Morgan fingerprint density at radius 2 is 2.19 bits per heavy atom. The molecule has 0 saturated carbocycles. The van der Waals surface area contributed by atoms with E-state index in [0.29, 0.717) is 6.04 Å². The Balaban J connectivity index is 2.34. The SMILES string of the molecule is C=C(C)CC(NC)c1cc2ccccc2s1. The van der Waals surface area contributed by atoms with E-state index in [2.05, 4.69) is 49.2 Å². The average molecular weight is 231 g/mol. The highest BCUT2D eigenvalue weighted by molar-refractivity contribution is 7.19. The molecule has 0 radical (unpaired) electrons. The summed E-state index contributed by atoms with van der Waals surface area (Å²) in [5.41, 5.74) is 1.22. The Bertz CT molecular complexity index is 465. The van der Waals surface area contributed by atoms with Crippen LogP contribution in [0.5, 0.6) is 0 Å². The highest BCUT2D eigenvalue weighted by atomic mass is 32.1. The molecule has 1 aromatic carbocycles. The monoisotopic (exact) mass is 231 g/mol. The highest BCUT2D eigenvalue weighted by Crippen LogP contribution is 2.32. The van der Waals surface area contributed by atoms with E-state index in [1.54, 1.807) is 0 Å². The second-order valence-electron chi connectivity index (χ2n) is 4.19. The summed E-state index contributed by atoms with van der Waals surface area (Å²) in [4.78, 5) is 1.40. The number of rotatable bonds is 4. The molecular weight excluding hydrogens is 214 g/mol. The van der Waals surface area contributed by atoms with Gasteiger partial charge in [-0.3, -0.25) is 0 Å². The van der Waals surface area contributed by atoms with Crippen LogP contribution in [0, 0.1) is 0 Å². The molecule has 2 aromatic rings. The topological polar surface area (TPSA) is 12.0 Å². The van der Waals surface area contributed by atoms with Crippen molar-refractivity contribution < 1.29 is 0 Å². The third-order valence-corrected chi connectivity index (χ3v) is 3.92. The van der Waals surface area contributed by atoms with Crippen molar-refractivity contribution in [2.45, 2.75) is 19.4 Å². The van der Waals surface area contributed by atoms with Crippen molar-refractivity contribution in [1.29, 1.82) is 0 Å². The second kappa shape index (κ2) is 4.81. The quantitative estimate of drug-likeness (QED) is 0.780. The third-order valence-electron chi connectivity index (χ3n) is 2.69. The maximum absolute atomic E-state index is 3.99. The minimum absolute atomic E-state index is 0.398. The lowest BCUT2D eigenvalue weighted by Gasteiger charge is -2.13. The molecular formula is C14H17NS. The number of thiophene rings is 1.